The largest absolute Gasteiger partial charge is 0.507 e. The van der Waals surface area contributed by atoms with Crippen LogP contribution in [0.3, 0.4) is 0 Å². The van der Waals surface area contributed by atoms with E-state index in [0.717, 1.165) is 19.3 Å². The predicted molar refractivity (Wildman–Crippen MR) is 73.4 cm³/mol. The summed E-state index contributed by atoms with van der Waals surface area (Å²) < 4.78 is 0. The van der Waals surface area contributed by atoms with Gasteiger partial charge >= 0.3 is 0 Å². The number of nitrogens with two attached hydrogens (primary N) is 1. The maximum atomic E-state index is 11.4. The van der Waals surface area contributed by atoms with Crippen molar-refractivity contribution < 1.29 is 15.0 Å². The molecular weight excluding hydrogens is 242 g/mol. The molecule has 1 aliphatic carbocycles. The van der Waals surface area contributed by atoms with Gasteiger partial charge in [0.1, 0.15) is 11.5 Å². The summed E-state index contributed by atoms with van der Waals surface area (Å²) in [5.74, 6) is -0.892. The van der Waals surface area contributed by atoms with Crippen molar-refractivity contribution in [2.75, 3.05) is 0 Å². The number of carbonyl (C=O) groups excluding carboxylic acids is 1. The number of hydrogen-bond donors (Lipinski definition) is 3. The molecule has 1 aliphatic rings. The van der Waals surface area contributed by atoms with Crippen molar-refractivity contribution >= 4 is 5.91 Å². The molecule has 0 saturated carbocycles. The molecule has 1 amide bonds. The Labute approximate surface area is 112 Å². The predicted octanol–water partition coefficient (Wildman–Crippen LogP) is 2.72. The lowest BCUT2D eigenvalue weighted by molar-refractivity contribution is 0.0997. The van der Waals surface area contributed by atoms with Crippen LogP contribution in [-0.2, 0) is 0 Å². The number of primary amides is 1. The van der Waals surface area contributed by atoms with E-state index in [9.17, 15) is 15.0 Å². The van der Waals surface area contributed by atoms with E-state index >= 15 is 0 Å². The van der Waals surface area contributed by atoms with Crippen LogP contribution in [0.1, 0.15) is 53.6 Å². The molecular formula is C15H19NO3. The molecule has 4 N–H and O–H groups in total. The molecule has 0 spiro atoms. The van der Waals surface area contributed by atoms with E-state index in [1.54, 1.807) is 6.92 Å². The summed E-state index contributed by atoms with van der Waals surface area (Å²) in [4.78, 5) is 11.4. The van der Waals surface area contributed by atoms with Gasteiger partial charge in [0.05, 0.1) is 5.56 Å². The number of carbonyl (C=O) groups is 1. The summed E-state index contributed by atoms with van der Waals surface area (Å²) in [5, 5.41) is 20.3. The van der Waals surface area contributed by atoms with E-state index in [1.807, 2.05) is 13.0 Å². The summed E-state index contributed by atoms with van der Waals surface area (Å²) in [6.07, 6.45) is 4.93. The van der Waals surface area contributed by atoms with E-state index in [-0.39, 0.29) is 23.0 Å². The van der Waals surface area contributed by atoms with Crippen LogP contribution in [0.15, 0.2) is 17.7 Å². The highest BCUT2D eigenvalue weighted by Gasteiger charge is 2.25. The van der Waals surface area contributed by atoms with Gasteiger partial charge < -0.3 is 15.9 Å². The molecule has 0 bridgehead atoms. The Bertz CT molecular complexity index is 561. The number of aryl methyl sites for hydroxylation is 1. The van der Waals surface area contributed by atoms with Crippen molar-refractivity contribution in [1.82, 2.24) is 0 Å². The first kappa shape index (κ1) is 13.5. The van der Waals surface area contributed by atoms with Gasteiger partial charge in [0.15, 0.2) is 0 Å². The fourth-order valence-electron chi connectivity index (χ4n) is 2.81. The van der Waals surface area contributed by atoms with Crippen LogP contribution in [0.2, 0.25) is 0 Å². The van der Waals surface area contributed by atoms with Crippen LogP contribution < -0.4 is 5.73 Å². The summed E-state index contributed by atoms with van der Waals surface area (Å²) in [6, 6.07) is 1.49. The first-order valence-corrected chi connectivity index (χ1v) is 6.44. The Hall–Kier alpha value is -1.97. The monoisotopic (exact) mass is 261 g/mol. The van der Waals surface area contributed by atoms with Crippen molar-refractivity contribution in [1.29, 1.82) is 0 Å². The second kappa shape index (κ2) is 4.96. The van der Waals surface area contributed by atoms with E-state index < -0.39 is 5.91 Å². The maximum absolute atomic E-state index is 11.4. The molecule has 4 heteroatoms. The molecule has 2 rings (SSSR count). The summed E-state index contributed by atoms with van der Waals surface area (Å²) in [7, 11) is 0. The van der Waals surface area contributed by atoms with Gasteiger partial charge in [-0.1, -0.05) is 11.6 Å². The van der Waals surface area contributed by atoms with Gasteiger partial charge in [-0.3, -0.25) is 4.79 Å². The molecule has 0 heterocycles. The third-order valence-electron chi connectivity index (χ3n) is 3.70. The van der Waals surface area contributed by atoms with Crippen LogP contribution in [-0.4, -0.2) is 16.1 Å². The Kier molecular flexibility index (Phi) is 3.51. The molecule has 1 aromatic rings. The van der Waals surface area contributed by atoms with Gasteiger partial charge in [-0.15, -0.1) is 0 Å². The average molecular weight is 261 g/mol. The van der Waals surface area contributed by atoms with Crippen molar-refractivity contribution in [3.05, 3.63) is 34.4 Å². The van der Waals surface area contributed by atoms with E-state index in [4.69, 9.17) is 5.73 Å². The van der Waals surface area contributed by atoms with E-state index in [1.165, 1.54) is 11.6 Å². The SMILES string of the molecule is CC1=CC(c2c(O)cc(C)c(C(N)=O)c2O)CCC1. The zero-order valence-corrected chi connectivity index (χ0v) is 11.2. The lowest BCUT2D eigenvalue weighted by Gasteiger charge is -2.23. The molecule has 1 atom stereocenters. The highest BCUT2D eigenvalue weighted by atomic mass is 16.3. The van der Waals surface area contributed by atoms with Crippen molar-refractivity contribution in [2.24, 2.45) is 5.73 Å². The normalized spacial score (nSPS) is 19.1. The van der Waals surface area contributed by atoms with E-state index in [2.05, 4.69) is 0 Å². The van der Waals surface area contributed by atoms with Crippen molar-refractivity contribution in [3.63, 3.8) is 0 Å². The summed E-state index contributed by atoms with van der Waals surface area (Å²) in [5.41, 5.74) is 7.53. The number of benzene rings is 1. The Balaban J connectivity index is 2.60. The van der Waals surface area contributed by atoms with Crippen molar-refractivity contribution in [3.8, 4) is 11.5 Å². The Morgan fingerprint density at radius 3 is 2.63 bits per heavy atom. The van der Waals surface area contributed by atoms with Crippen LogP contribution in [0.4, 0.5) is 0 Å². The molecule has 0 aliphatic heterocycles. The number of rotatable bonds is 2. The van der Waals surface area contributed by atoms with Gasteiger partial charge in [0.2, 0.25) is 0 Å². The smallest absolute Gasteiger partial charge is 0.252 e. The van der Waals surface area contributed by atoms with E-state index in [0.29, 0.717) is 11.1 Å². The molecule has 0 fully saturated rings. The third-order valence-corrected chi connectivity index (χ3v) is 3.70. The second-order valence-corrected chi connectivity index (χ2v) is 5.23. The summed E-state index contributed by atoms with van der Waals surface area (Å²) in [6.45, 7) is 3.68. The molecule has 0 aromatic heterocycles. The number of hydrogen-bond acceptors (Lipinski definition) is 3. The molecule has 0 radical (unpaired) electrons. The average Bonchev–Trinajstić information content (AvgIpc) is 2.27. The zero-order chi connectivity index (χ0) is 14.2. The van der Waals surface area contributed by atoms with Crippen LogP contribution >= 0.6 is 0 Å². The number of phenols is 2. The number of allylic oxidation sites excluding steroid dienone is 2. The first-order valence-electron chi connectivity index (χ1n) is 6.44. The van der Waals surface area contributed by atoms with Gasteiger partial charge in [-0.2, -0.15) is 0 Å². The molecule has 102 valence electrons. The molecule has 1 aromatic carbocycles. The number of amides is 1. The highest BCUT2D eigenvalue weighted by molar-refractivity contribution is 5.98. The van der Waals surface area contributed by atoms with Gasteiger partial charge in [0.25, 0.3) is 5.91 Å². The van der Waals surface area contributed by atoms with Gasteiger partial charge in [-0.25, -0.2) is 0 Å². The fraction of sp³-hybridized carbons (Fsp3) is 0.400. The van der Waals surface area contributed by atoms with Crippen molar-refractivity contribution in [2.45, 2.75) is 39.0 Å². The van der Waals surface area contributed by atoms with Crippen LogP contribution in [0, 0.1) is 6.92 Å². The quantitative estimate of drug-likeness (QED) is 0.716. The second-order valence-electron chi connectivity index (χ2n) is 5.23. The molecule has 1 unspecified atom stereocenters. The minimum absolute atomic E-state index is 0.0240. The zero-order valence-electron chi connectivity index (χ0n) is 11.2. The standard InChI is InChI=1S/C15H19NO3/c1-8-4-3-5-10(6-8)13-11(17)7-9(2)12(14(13)18)15(16)19/h6-7,10,17-18H,3-5H2,1-2H3,(H2,16,19). The molecule has 0 saturated heterocycles. The van der Waals surface area contributed by atoms with Crippen LogP contribution in [0.5, 0.6) is 11.5 Å². The topological polar surface area (TPSA) is 83.5 Å². The molecule has 4 nitrogen and oxygen atoms in total. The number of phenolic OH excluding ortho intramolecular Hbond substituents is 1. The summed E-state index contributed by atoms with van der Waals surface area (Å²) >= 11 is 0. The first-order chi connectivity index (χ1) is 8.91. The minimum atomic E-state index is -0.673. The molecule has 19 heavy (non-hydrogen) atoms. The maximum Gasteiger partial charge on any atom is 0.252 e. The number of aromatic hydroxyl groups is 2. The lowest BCUT2D eigenvalue weighted by Crippen LogP contribution is -2.15. The highest BCUT2D eigenvalue weighted by Crippen LogP contribution is 2.43. The minimum Gasteiger partial charge on any atom is -0.507 e. The van der Waals surface area contributed by atoms with Gasteiger partial charge in [0, 0.05) is 11.5 Å². The third kappa shape index (κ3) is 2.43. The fourth-order valence-corrected chi connectivity index (χ4v) is 2.81. The Morgan fingerprint density at radius 2 is 2.05 bits per heavy atom. The van der Waals surface area contributed by atoms with Gasteiger partial charge in [-0.05, 0) is 44.7 Å². The Morgan fingerprint density at radius 1 is 1.37 bits per heavy atom. The lowest BCUT2D eigenvalue weighted by atomic mass is 9.83. The van der Waals surface area contributed by atoms with Crippen LogP contribution in [0.25, 0.3) is 0 Å².